The van der Waals surface area contributed by atoms with Crippen LogP contribution in [0.3, 0.4) is 0 Å². The Morgan fingerprint density at radius 1 is 1.05 bits per heavy atom. The van der Waals surface area contributed by atoms with Crippen LogP contribution in [0.2, 0.25) is 0 Å². The van der Waals surface area contributed by atoms with Crippen LogP contribution in [0, 0.1) is 0 Å². The third-order valence-electron chi connectivity index (χ3n) is 4.35. The van der Waals surface area contributed by atoms with Crippen molar-refractivity contribution in [3.63, 3.8) is 0 Å². The highest BCUT2D eigenvalue weighted by molar-refractivity contribution is 5.81. The van der Waals surface area contributed by atoms with Crippen LogP contribution in [0.1, 0.15) is 32.4 Å². The van der Waals surface area contributed by atoms with Gasteiger partial charge in [-0.25, -0.2) is 0 Å². The number of carbonyl (C=O) groups is 2. The van der Waals surface area contributed by atoms with Crippen molar-refractivity contribution in [1.82, 2.24) is 15.1 Å². The van der Waals surface area contributed by atoms with Crippen molar-refractivity contribution < 1.29 is 9.59 Å². The minimum absolute atomic E-state index is 0.00495. The Labute approximate surface area is 132 Å². The molecule has 0 aliphatic carbocycles. The molecule has 0 saturated carbocycles. The molecule has 2 rings (SSSR count). The number of nitrogens with one attached hydrogen (secondary N) is 1. The number of piperazine rings is 1. The number of rotatable bonds is 4. The number of benzene rings is 1. The third-order valence-corrected chi connectivity index (χ3v) is 4.35. The van der Waals surface area contributed by atoms with Gasteiger partial charge >= 0.3 is 0 Å². The second-order valence-electron chi connectivity index (χ2n) is 5.86. The molecule has 1 aliphatic heterocycles. The third kappa shape index (κ3) is 4.07. The van der Waals surface area contributed by atoms with Crippen LogP contribution in [0.4, 0.5) is 0 Å². The second kappa shape index (κ2) is 7.40. The second-order valence-corrected chi connectivity index (χ2v) is 5.86. The van der Waals surface area contributed by atoms with Gasteiger partial charge in [-0.15, -0.1) is 0 Å². The first-order chi connectivity index (χ1) is 10.5. The van der Waals surface area contributed by atoms with Gasteiger partial charge in [0.1, 0.15) is 0 Å². The Balaban J connectivity index is 1.86. The molecule has 1 heterocycles. The number of amides is 2. The molecule has 2 unspecified atom stereocenters. The minimum Gasteiger partial charge on any atom is -0.348 e. The van der Waals surface area contributed by atoms with Gasteiger partial charge in [0, 0.05) is 33.1 Å². The standard InChI is InChI=1S/C17H25N3O2/c1-13(16-7-5-4-6-8-16)18-17(22)14(2)19-9-11-20(12-10-19)15(3)21/h4-8,13-14H,9-12H2,1-3H3,(H,18,22). The fraction of sp³-hybridized carbons (Fsp3) is 0.529. The highest BCUT2D eigenvalue weighted by atomic mass is 16.2. The zero-order valence-electron chi connectivity index (χ0n) is 13.6. The lowest BCUT2D eigenvalue weighted by Gasteiger charge is -2.37. The molecule has 1 N–H and O–H groups in total. The molecule has 0 spiro atoms. The van der Waals surface area contributed by atoms with E-state index in [1.165, 1.54) is 0 Å². The summed E-state index contributed by atoms with van der Waals surface area (Å²) in [6, 6.07) is 9.76. The lowest BCUT2D eigenvalue weighted by atomic mass is 10.1. The molecule has 2 amide bonds. The predicted octanol–water partition coefficient (Wildman–Crippen LogP) is 1.42. The maximum absolute atomic E-state index is 12.4. The number of carbonyl (C=O) groups excluding carboxylic acids is 2. The first-order valence-corrected chi connectivity index (χ1v) is 7.84. The fourth-order valence-corrected chi connectivity index (χ4v) is 2.75. The average Bonchev–Trinajstić information content (AvgIpc) is 2.55. The van der Waals surface area contributed by atoms with Gasteiger partial charge in [0.15, 0.2) is 0 Å². The minimum atomic E-state index is -0.180. The van der Waals surface area contributed by atoms with Crippen molar-refractivity contribution in [3.8, 4) is 0 Å². The predicted molar refractivity (Wildman–Crippen MR) is 86.3 cm³/mol. The van der Waals surface area contributed by atoms with E-state index in [1.807, 2.05) is 49.1 Å². The van der Waals surface area contributed by atoms with E-state index in [0.29, 0.717) is 13.1 Å². The number of nitrogens with zero attached hydrogens (tertiary/aromatic N) is 2. The molecule has 5 nitrogen and oxygen atoms in total. The summed E-state index contributed by atoms with van der Waals surface area (Å²) in [5, 5.41) is 3.07. The molecule has 1 aromatic rings. The Morgan fingerprint density at radius 3 is 2.18 bits per heavy atom. The van der Waals surface area contributed by atoms with Crippen molar-refractivity contribution in [2.75, 3.05) is 26.2 Å². The van der Waals surface area contributed by atoms with Gasteiger partial charge < -0.3 is 10.2 Å². The van der Waals surface area contributed by atoms with Crippen LogP contribution in [-0.2, 0) is 9.59 Å². The molecular weight excluding hydrogens is 278 g/mol. The van der Waals surface area contributed by atoms with E-state index < -0.39 is 0 Å². The highest BCUT2D eigenvalue weighted by Gasteiger charge is 2.27. The van der Waals surface area contributed by atoms with Crippen molar-refractivity contribution in [1.29, 1.82) is 0 Å². The Morgan fingerprint density at radius 2 is 1.64 bits per heavy atom. The molecule has 0 aromatic heterocycles. The largest absolute Gasteiger partial charge is 0.348 e. The van der Waals surface area contributed by atoms with Gasteiger partial charge in [0.25, 0.3) is 0 Å². The lowest BCUT2D eigenvalue weighted by molar-refractivity contribution is -0.132. The van der Waals surface area contributed by atoms with Gasteiger partial charge in [-0.1, -0.05) is 30.3 Å². The van der Waals surface area contributed by atoms with Crippen LogP contribution in [-0.4, -0.2) is 53.8 Å². The first kappa shape index (κ1) is 16.5. The van der Waals surface area contributed by atoms with E-state index in [-0.39, 0.29) is 23.9 Å². The SMILES string of the molecule is CC(=O)N1CCN(C(C)C(=O)NC(C)c2ccccc2)CC1. The summed E-state index contributed by atoms with van der Waals surface area (Å²) < 4.78 is 0. The van der Waals surface area contributed by atoms with E-state index >= 15 is 0 Å². The maximum atomic E-state index is 12.4. The summed E-state index contributed by atoms with van der Waals surface area (Å²) >= 11 is 0. The smallest absolute Gasteiger partial charge is 0.237 e. The summed E-state index contributed by atoms with van der Waals surface area (Å²) in [5.74, 6) is 0.141. The van der Waals surface area contributed by atoms with E-state index in [9.17, 15) is 9.59 Å². The van der Waals surface area contributed by atoms with Crippen molar-refractivity contribution in [3.05, 3.63) is 35.9 Å². The summed E-state index contributed by atoms with van der Waals surface area (Å²) in [6.45, 7) is 8.39. The normalized spacial score (nSPS) is 18.6. The summed E-state index contributed by atoms with van der Waals surface area (Å²) in [6.07, 6.45) is 0. The zero-order valence-corrected chi connectivity index (χ0v) is 13.6. The molecule has 0 bridgehead atoms. The summed E-state index contributed by atoms with van der Waals surface area (Å²) in [5.41, 5.74) is 1.10. The van der Waals surface area contributed by atoms with Crippen molar-refractivity contribution in [2.45, 2.75) is 32.9 Å². The van der Waals surface area contributed by atoms with Gasteiger partial charge in [-0.3, -0.25) is 14.5 Å². The Hall–Kier alpha value is -1.88. The fourth-order valence-electron chi connectivity index (χ4n) is 2.75. The Bertz CT molecular complexity index is 510. The van der Waals surface area contributed by atoms with Crippen LogP contribution in [0.25, 0.3) is 0 Å². The molecule has 1 aliphatic rings. The van der Waals surface area contributed by atoms with E-state index in [2.05, 4.69) is 10.2 Å². The molecule has 1 fully saturated rings. The number of hydrogen-bond donors (Lipinski definition) is 1. The molecule has 1 saturated heterocycles. The van der Waals surface area contributed by atoms with Gasteiger partial charge in [-0.2, -0.15) is 0 Å². The van der Waals surface area contributed by atoms with Gasteiger partial charge in [0.05, 0.1) is 12.1 Å². The van der Waals surface area contributed by atoms with Gasteiger partial charge in [0.2, 0.25) is 11.8 Å². The van der Waals surface area contributed by atoms with Crippen LogP contribution >= 0.6 is 0 Å². The molecule has 5 heteroatoms. The topological polar surface area (TPSA) is 52.7 Å². The van der Waals surface area contributed by atoms with Crippen LogP contribution in [0.15, 0.2) is 30.3 Å². The lowest BCUT2D eigenvalue weighted by Crippen LogP contribution is -2.54. The van der Waals surface area contributed by atoms with E-state index in [1.54, 1.807) is 6.92 Å². The van der Waals surface area contributed by atoms with Gasteiger partial charge in [-0.05, 0) is 19.4 Å². The summed E-state index contributed by atoms with van der Waals surface area (Å²) in [4.78, 5) is 27.7. The maximum Gasteiger partial charge on any atom is 0.237 e. The first-order valence-electron chi connectivity index (χ1n) is 7.84. The molecule has 1 aromatic carbocycles. The summed E-state index contributed by atoms with van der Waals surface area (Å²) in [7, 11) is 0. The molecule has 120 valence electrons. The number of hydrogen-bond acceptors (Lipinski definition) is 3. The zero-order chi connectivity index (χ0) is 16.1. The Kier molecular flexibility index (Phi) is 5.55. The van der Waals surface area contributed by atoms with E-state index in [0.717, 1.165) is 18.7 Å². The highest BCUT2D eigenvalue weighted by Crippen LogP contribution is 2.13. The molecule has 0 radical (unpaired) electrons. The van der Waals surface area contributed by atoms with Crippen LogP contribution < -0.4 is 5.32 Å². The quantitative estimate of drug-likeness (QED) is 0.915. The van der Waals surface area contributed by atoms with E-state index in [4.69, 9.17) is 0 Å². The molecule has 2 atom stereocenters. The molecule has 22 heavy (non-hydrogen) atoms. The van der Waals surface area contributed by atoms with Crippen LogP contribution in [0.5, 0.6) is 0 Å². The monoisotopic (exact) mass is 303 g/mol. The van der Waals surface area contributed by atoms with Crippen molar-refractivity contribution in [2.24, 2.45) is 0 Å². The van der Waals surface area contributed by atoms with Crippen molar-refractivity contribution >= 4 is 11.8 Å². The average molecular weight is 303 g/mol. The molecular formula is C17H25N3O2.